The molecule has 8 nitrogen and oxygen atoms in total. The summed E-state index contributed by atoms with van der Waals surface area (Å²) in [5.74, 6) is -0.428. The molecule has 0 unspecified atom stereocenters. The summed E-state index contributed by atoms with van der Waals surface area (Å²) in [6.45, 7) is 1.72. The second kappa shape index (κ2) is 7.98. The summed E-state index contributed by atoms with van der Waals surface area (Å²) in [4.78, 5) is 23.8. The van der Waals surface area contributed by atoms with Crippen molar-refractivity contribution in [3.05, 3.63) is 53.6 Å². The number of sulfonamides is 1. The van der Waals surface area contributed by atoms with Crippen molar-refractivity contribution in [2.45, 2.75) is 11.8 Å². The lowest BCUT2D eigenvalue weighted by Gasteiger charge is -2.11. The molecule has 138 valence electrons. The molecule has 2 aromatic rings. The van der Waals surface area contributed by atoms with Crippen LogP contribution in [0.3, 0.4) is 0 Å². The largest absolute Gasteiger partial charge is 0.341 e. The van der Waals surface area contributed by atoms with Crippen molar-refractivity contribution in [1.29, 1.82) is 0 Å². The van der Waals surface area contributed by atoms with E-state index in [0.717, 1.165) is 0 Å². The fraction of sp³-hybridized carbons (Fsp3) is 0.176. The molecule has 2 rings (SSSR count). The summed E-state index contributed by atoms with van der Waals surface area (Å²) in [6.07, 6.45) is 0. The van der Waals surface area contributed by atoms with Gasteiger partial charge in [-0.1, -0.05) is 6.07 Å². The molecule has 0 bridgehead atoms. The highest BCUT2D eigenvalue weighted by atomic mass is 32.2. The Morgan fingerprint density at radius 2 is 1.46 bits per heavy atom. The molecule has 2 aromatic carbocycles. The molecule has 0 spiro atoms. The van der Waals surface area contributed by atoms with Gasteiger partial charge in [0.1, 0.15) is 0 Å². The third kappa shape index (κ3) is 4.58. The van der Waals surface area contributed by atoms with Gasteiger partial charge in [-0.05, 0) is 55.9 Å². The van der Waals surface area contributed by atoms with Gasteiger partial charge < -0.3 is 16.0 Å². The SMILES string of the molecule is CNC(=O)Nc1ccc(NC(=O)c2cc(S(=O)(=O)NC)ccc2C)cc1. The van der Waals surface area contributed by atoms with E-state index in [-0.39, 0.29) is 16.5 Å². The average Bonchev–Trinajstić information content (AvgIpc) is 2.63. The van der Waals surface area contributed by atoms with Gasteiger partial charge in [-0.15, -0.1) is 0 Å². The van der Waals surface area contributed by atoms with Gasteiger partial charge in [0.05, 0.1) is 4.90 Å². The summed E-state index contributed by atoms with van der Waals surface area (Å²) in [5.41, 5.74) is 1.99. The molecule has 3 amide bonds. The fourth-order valence-electron chi connectivity index (χ4n) is 2.16. The Bertz CT molecular complexity index is 924. The van der Waals surface area contributed by atoms with E-state index in [4.69, 9.17) is 0 Å². The second-order valence-corrected chi connectivity index (χ2v) is 7.31. The number of anilines is 2. The Balaban J connectivity index is 2.20. The van der Waals surface area contributed by atoms with E-state index in [1.165, 1.54) is 26.2 Å². The topological polar surface area (TPSA) is 116 Å². The van der Waals surface area contributed by atoms with Crippen LogP contribution in [0.1, 0.15) is 15.9 Å². The van der Waals surface area contributed by atoms with Crippen LogP contribution in [0.5, 0.6) is 0 Å². The lowest BCUT2D eigenvalue weighted by Crippen LogP contribution is -2.24. The van der Waals surface area contributed by atoms with Crippen LogP contribution in [0.2, 0.25) is 0 Å². The standard InChI is InChI=1S/C17H20N4O4S/c1-11-4-9-14(26(24,25)19-3)10-15(11)16(22)20-12-5-7-13(8-6-12)21-17(23)18-2/h4-10,19H,1-3H3,(H,20,22)(H2,18,21,23). The number of hydrogen-bond donors (Lipinski definition) is 4. The minimum Gasteiger partial charge on any atom is -0.341 e. The molecule has 26 heavy (non-hydrogen) atoms. The zero-order valence-corrected chi connectivity index (χ0v) is 15.4. The smallest absolute Gasteiger partial charge is 0.318 e. The second-order valence-electron chi connectivity index (χ2n) is 5.42. The van der Waals surface area contributed by atoms with E-state index in [1.54, 1.807) is 37.3 Å². The van der Waals surface area contributed by atoms with E-state index in [9.17, 15) is 18.0 Å². The number of hydrogen-bond acceptors (Lipinski definition) is 4. The number of aryl methyl sites for hydroxylation is 1. The number of nitrogens with one attached hydrogen (secondary N) is 4. The Hall–Kier alpha value is -2.91. The quantitative estimate of drug-likeness (QED) is 0.638. The van der Waals surface area contributed by atoms with Crippen molar-refractivity contribution in [2.24, 2.45) is 0 Å². The van der Waals surface area contributed by atoms with Crippen LogP contribution in [-0.4, -0.2) is 34.5 Å². The average molecular weight is 376 g/mol. The summed E-state index contributed by atoms with van der Waals surface area (Å²) >= 11 is 0. The molecule has 0 aliphatic rings. The van der Waals surface area contributed by atoms with Crippen LogP contribution in [0.25, 0.3) is 0 Å². The Morgan fingerprint density at radius 3 is 2.00 bits per heavy atom. The van der Waals surface area contributed by atoms with Crippen LogP contribution in [-0.2, 0) is 10.0 Å². The van der Waals surface area contributed by atoms with Crippen LogP contribution in [0.4, 0.5) is 16.2 Å². The normalized spacial score (nSPS) is 10.9. The first-order valence-corrected chi connectivity index (χ1v) is 9.19. The molecule has 4 N–H and O–H groups in total. The highest BCUT2D eigenvalue weighted by Crippen LogP contribution is 2.19. The van der Waals surface area contributed by atoms with Gasteiger partial charge in [-0.25, -0.2) is 17.9 Å². The van der Waals surface area contributed by atoms with Crippen LogP contribution in [0.15, 0.2) is 47.4 Å². The molecule has 0 saturated carbocycles. The molecule has 0 aliphatic carbocycles. The van der Waals surface area contributed by atoms with E-state index < -0.39 is 15.9 Å². The minimum atomic E-state index is -3.64. The third-order valence-electron chi connectivity index (χ3n) is 3.66. The number of carbonyl (C=O) groups excluding carboxylic acids is 2. The highest BCUT2D eigenvalue weighted by molar-refractivity contribution is 7.89. The Labute approximate surface area is 152 Å². The zero-order valence-electron chi connectivity index (χ0n) is 14.6. The summed E-state index contributed by atoms with van der Waals surface area (Å²) < 4.78 is 26.0. The highest BCUT2D eigenvalue weighted by Gasteiger charge is 2.16. The predicted molar refractivity (Wildman–Crippen MR) is 99.9 cm³/mol. The van der Waals surface area contributed by atoms with Gasteiger partial charge in [0.15, 0.2) is 0 Å². The van der Waals surface area contributed by atoms with E-state index in [1.807, 2.05) is 0 Å². The van der Waals surface area contributed by atoms with E-state index >= 15 is 0 Å². The molecular weight excluding hydrogens is 356 g/mol. The van der Waals surface area contributed by atoms with Crippen LogP contribution >= 0.6 is 0 Å². The van der Waals surface area contributed by atoms with Crippen molar-refractivity contribution in [2.75, 3.05) is 24.7 Å². The minimum absolute atomic E-state index is 0.0147. The first-order chi connectivity index (χ1) is 12.3. The lowest BCUT2D eigenvalue weighted by atomic mass is 10.1. The fourth-order valence-corrected chi connectivity index (χ4v) is 2.92. The van der Waals surface area contributed by atoms with Gasteiger partial charge in [-0.3, -0.25) is 4.79 Å². The van der Waals surface area contributed by atoms with Crippen molar-refractivity contribution < 1.29 is 18.0 Å². The molecule has 0 fully saturated rings. The van der Waals surface area contributed by atoms with Crippen molar-refractivity contribution in [3.8, 4) is 0 Å². The maximum atomic E-state index is 12.5. The monoisotopic (exact) mass is 376 g/mol. The molecule has 9 heteroatoms. The predicted octanol–water partition coefficient (Wildman–Crippen LogP) is 1.91. The number of urea groups is 1. The van der Waals surface area contributed by atoms with E-state index in [2.05, 4.69) is 20.7 Å². The molecule has 0 radical (unpaired) electrons. The Kier molecular flexibility index (Phi) is 5.96. The van der Waals surface area contributed by atoms with Gasteiger partial charge in [0.2, 0.25) is 10.0 Å². The van der Waals surface area contributed by atoms with Gasteiger partial charge >= 0.3 is 6.03 Å². The maximum absolute atomic E-state index is 12.5. The molecule has 0 heterocycles. The summed E-state index contributed by atoms with van der Waals surface area (Å²) in [6, 6.07) is 10.5. The Morgan fingerprint density at radius 1 is 0.885 bits per heavy atom. The molecule has 0 aliphatic heterocycles. The lowest BCUT2D eigenvalue weighted by molar-refractivity contribution is 0.102. The first kappa shape index (κ1) is 19.4. The molecule has 0 aromatic heterocycles. The van der Waals surface area contributed by atoms with Crippen molar-refractivity contribution in [3.63, 3.8) is 0 Å². The number of carbonyl (C=O) groups is 2. The summed E-state index contributed by atoms with van der Waals surface area (Å²) in [7, 11) is -0.822. The zero-order chi connectivity index (χ0) is 19.3. The molecule has 0 saturated heterocycles. The number of rotatable bonds is 5. The third-order valence-corrected chi connectivity index (χ3v) is 5.07. The number of benzene rings is 2. The van der Waals surface area contributed by atoms with Gasteiger partial charge in [0.25, 0.3) is 5.91 Å². The van der Waals surface area contributed by atoms with Crippen molar-refractivity contribution >= 4 is 33.3 Å². The molecule has 0 atom stereocenters. The maximum Gasteiger partial charge on any atom is 0.318 e. The number of amides is 3. The van der Waals surface area contributed by atoms with Gasteiger partial charge in [-0.2, -0.15) is 0 Å². The summed E-state index contributed by atoms with van der Waals surface area (Å²) in [5, 5.41) is 7.75. The van der Waals surface area contributed by atoms with Gasteiger partial charge in [0, 0.05) is 24.0 Å². The van der Waals surface area contributed by atoms with E-state index in [0.29, 0.717) is 16.9 Å². The first-order valence-electron chi connectivity index (χ1n) is 7.71. The molecular formula is C17H20N4O4S. The van der Waals surface area contributed by atoms with Crippen molar-refractivity contribution in [1.82, 2.24) is 10.0 Å². The van der Waals surface area contributed by atoms with Crippen LogP contribution < -0.4 is 20.7 Å². The van der Waals surface area contributed by atoms with Crippen LogP contribution in [0, 0.1) is 6.92 Å².